The summed E-state index contributed by atoms with van der Waals surface area (Å²) in [5.41, 5.74) is 0.993. The van der Waals surface area contributed by atoms with Crippen LogP contribution in [-0.2, 0) is 0 Å². The second-order valence-electron chi connectivity index (χ2n) is 5.96. The third-order valence-corrected chi connectivity index (χ3v) is 4.13. The van der Waals surface area contributed by atoms with E-state index in [0.29, 0.717) is 11.1 Å². The molecule has 0 aliphatic carbocycles. The van der Waals surface area contributed by atoms with Crippen molar-refractivity contribution in [3.05, 3.63) is 65.4 Å². The number of H-pyrrole nitrogens is 1. The van der Waals surface area contributed by atoms with Gasteiger partial charge in [0.05, 0.1) is 23.3 Å². The molecule has 1 unspecified atom stereocenters. The highest BCUT2D eigenvalue weighted by atomic mass is 19.1. The van der Waals surface area contributed by atoms with Crippen LogP contribution in [0.25, 0.3) is 10.9 Å². The Hall–Kier alpha value is -2.80. The summed E-state index contributed by atoms with van der Waals surface area (Å²) in [5, 5.41) is 10.3. The molecule has 1 heterocycles. The van der Waals surface area contributed by atoms with Crippen LogP contribution in [0.15, 0.2) is 42.6 Å². The van der Waals surface area contributed by atoms with E-state index in [1.54, 1.807) is 37.3 Å². The number of para-hydroxylation sites is 1. The molecule has 0 saturated heterocycles. The molecule has 25 heavy (non-hydrogen) atoms. The standard InChI is InChI=1S/C18H18F2N4O/c1-24(2)15(16-13(19)7-4-8-14(16)20)10-21-18(25)12-6-3-5-11-9-22-23-17(11)12/h3-9,15H,10H2,1-2H3,(H,21,25)(H,22,23). The number of amides is 1. The number of nitrogens with one attached hydrogen (secondary N) is 2. The summed E-state index contributed by atoms with van der Waals surface area (Å²) in [4.78, 5) is 14.2. The molecule has 2 N–H and O–H groups in total. The Morgan fingerprint density at radius 3 is 2.56 bits per heavy atom. The molecule has 2 aromatic carbocycles. The predicted octanol–water partition coefficient (Wildman–Crippen LogP) is 2.87. The first-order valence-electron chi connectivity index (χ1n) is 7.79. The van der Waals surface area contributed by atoms with E-state index in [4.69, 9.17) is 0 Å². The Bertz CT molecular complexity index is 887. The third kappa shape index (κ3) is 3.36. The molecule has 1 atom stereocenters. The van der Waals surface area contributed by atoms with E-state index in [0.717, 1.165) is 5.39 Å². The van der Waals surface area contributed by atoms with Crippen molar-refractivity contribution < 1.29 is 13.6 Å². The van der Waals surface area contributed by atoms with Crippen LogP contribution in [0.4, 0.5) is 8.78 Å². The number of hydrogen-bond donors (Lipinski definition) is 2. The van der Waals surface area contributed by atoms with E-state index in [9.17, 15) is 13.6 Å². The Morgan fingerprint density at radius 2 is 1.88 bits per heavy atom. The van der Waals surface area contributed by atoms with Gasteiger partial charge in [0.2, 0.25) is 0 Å². The van der Waals surface area contributed by atoms with Gasteiger partial charge in [0.25, 0.3) is 5.91 Å². The lowest BCUT2D eigenvalue weighted by molar-refractivity contribution is 0.0942. The van der Waals surface area contributed by atoms with E-state index >= 15 is 0 Å². The van der Waals surface area contributed by atoms with Crippen molar-refractivity contribution in [2.45, 2.75) is 6.04 Å². The molecule has 0 aliphatic rings. The van der Waals surface area contributed by atoms with Crippen molar-refractivity contribution in [3.8, 4) is 0 Å². The molecule has 1 amide bonds. The number of carbonyl (C=O) groups is 1. The molecule has 130 valence electrons. The van der Waals surface area contributed by atoms with Gasteiger partial charge in [0.1, 0.15) is 11.6 Å². The number of nitrogens with zero attached hydrogens (tertiary/aromatic N) is 2. The predicted molar refractivity (Wildman–Crippen MR) is 91.2 cm³/mol. The van der Waals surface area contributed by atoms with Crippen LogP contribution in [0, 0.1) is 11.6 Å². The zero-order valence-corrected chi connectivity index (χ0v) is 13.9. The number of rotatable bonds is 5. The summed E-state index contributed by atoms with van der Waals surface area (Å²) in [6.45, 7) is 0.0637. The molecule has 0 radical (unpaired) electrons. The maximum Gasteiger partial charge on any atom is 0.253 e. The number of benzene rings is 2. The van der Waals surface area contributed by atoms with Crippen molar-refractivity contribution in [2.75, 3.05) is 20.6 Å². The van der Waals surface area contributed by atoms with Crippen molar-refractivity contribution in [1.29, 1.82) is 0 Å². The van der Waals surface area contributed by atoms with E-state index in [1.165, 1.54) is 18.2 Å². The van der Waals surface area contributed by atoms with Crippen LogP contribution in [-0.4, -0.2) is 41.6 Å². The monoisotopic (exact) mass is 344 g/mol. The lowest BCUT2D eigenvalue weighted by atomic mass is 10.0. The molecular weight excluding hydrogens is 326 g/mol. The summed E-state index contributed by atoms with van der Waals surface area (Å²) in [7, 11) is 3.41. The van der Waals surface area contributed by atoms with Gasteiger partial charge in [0, 0.05) is 17.5 Å². The van der Waals surface area contributed by atoms with Gasteiger partial charge in [-0.1, -0.05) is 18.2 Å². The quantitative estimate of drug-likeness (QED) is 0.748. The Balaban J connectivity index is 1.83. The molecule has 3 rings (SSSR count). The average molecular weight is 344 g/mol. The fourth-order valence-corrected chi connectivity index (χ4v) is 2.81. The number of likely N-dealkylation sites (N-methyl/N-ethyl adjacent to an activating group) is 1. The molecule has 0 saturated carbocycles. The molecule has 3 aromatic rings. The van der Waals surface area contributed by atoms with Gasteiger partial charge in [-0.05, 0) is 32.3 Å². The summed E-state index contributed by atoms with van der Waals surface area (Å²) < 4.78 is 28.2. The van der Waals surface area contributed by atoms with Crippen LogP contribution >= 0.6 is 0 Å². The molecule has 5 nitrogen and oxygen atoms in total. The number of hydrogen-bond acceptors (Lipinski definition) is 3. The topological polar surface area (TPSA) is 61.0 Å². The first kappa shape index (κ1) is 17.0. The van der Waals surface area contributed by atoms with E-state index < -0.39 is 17.7 Å². The minimum absolute atomic E-state index is 0.0625. The zero-order valence-electron chi connectivity index (χ0n) is 13.9. The number of fused-ring (bicyclic) bond motifs is 1. The highest BCUT2D eigenvalue weighted by Gasteiger charge is 2.23. The Kier molecular flexibility index (Phi) is 4.76. The Morgan fingerprint density at radius 1 is 1.20 bits per heavy atom. The number of halogens is 2. The van der Waals surface area contributed by atoms with Crippen LogP contribution in [0.3, 0.4) is 0 Å². The van der Waals surface area contributed by atoms with Gasteiger partial charge in [0.15, 0.2) is 0 Å². The van der Waals surface area contributed by atoms with E-state index in [2.05, 4.69) is 15.5 Å². The highest BCUT2D eigenvalue weighted by molar-refractivity contribution is 6.05. The maximum absolute atomic E-state index is 14.1. The van der Waals surface area contributed by atoms with Crippen molar-refractivity contribution in [2.24, 2.45) is 0 Å². The van der Waals surface area contributed by atoms with Gasteiger partial charge >= 0.3 is 0 Å². The van der Waals surface area contributed by atoms with Crippen LogP contribution in [0.1, 0.15) is 22.0 Å². The normalized spacial score (nSPS) is 12.5. The lowest BCUT2D eigenvalue weighted by Gasteiger charge is -2.26. The number of aromatic nitrogens is 2. The second kappa shape index (κ2) is 6.98. The summed E-state index contributed by atoms with van der Waals surface area (Å²) in [6, 6.07) is 8.37. The van der Waals surface area contributed by atoms with Gasteiger partial charge < -0.3 is 10.2 Å². The minimum atomic E-state index is -0.636. The number of aromatic amines is 1. The van der Waals surface area contributed by atoms with Gasteiger partial charge in [-0.15, -0.1) is 0 Å². The fraction of sp³-hybridized carbons (Fsp3) is 0.222. The summed E-state index contributed by atoms with van der Waals surface area (Å²) in [5.74, 6) is -1.61. The van der Waals surface area contributed by atoms with E-state index in [-0.39, 0.29) is 18.0 Å². The lowest BCUT2D eigenvalue weighted by Crippen LogP contribution is -2.35. The van der Waals surface area contributed by atoms with Crippen LogP contribution < -0.4 is 5.32 Å². The number of carbonyl (C=O) groups excluding carboxylic acids is 1. The first-order valence-corrected chi connectivity index (χ1v) is 7.79. The van der Waals surface area contributed by atoms with Crippen molar-refractivity contribution in [1.82, 2.24) is 20.4 Å². The molecule has 0 aliphatic heterocycles. The largest absolute Gasteiger partial charge is 0.350 e. The molecule has 7 heteroatoms. The molecule has 0 fully saturated rings. The molecule has 0 bridgehead atoms. The fourth-order valence-electron chi connectivity index (χ4n) is 2.81. The van der Waals surface area contributed by atoms with Crippen molar-refractivity contribution in [3.63, 3.8) is 0 Å². The third-order valence-electron chi connectivity index (χ3n) is 4.13. The molecule has 1 aromatic heterocycles. The van der Waals surface area contributed by atoms with Gasteiger partial charge in [-0.3, -0.25) is 9.89 Å². The van der Waals surface area contributed by atoms with Crippen molar-refractivity contribution >= 4 is 16.8 Å². The van der Waals surface area contributed by atoms with Crippen LogP contribution in [0.2, 0.25) is 0 Å². The summed E-state index contributed by atoms with van der Waals surface area (Å²) >= 11 is 0. The second-order valence-corrected chi connectivity index (χ2v) is 5.96. The average Bonchev–Trinajstić information content (AvgIpc) is 3.05. The van der Waals surface area contributed by atoms with E-state index in [1.807, 2.05) is 6.07 Å². The minimum Gasteiger partial charge on any atom is -0.350 e. The summed E-state index contributed by atoms with van der Waals surface area (Å²) in [6.07, 6.45) is 1.63. The first-order chi connectivity index (χ1) is 12.0. The smallest absolute Gasteiger partial charge is 0.253 e. The molecular formula is C18H18F2N4O. The SMILES string of the molecule is CN(C)C(CNC(=O)c1cccc2cn[nH]c12)c1c(F)cccc1F. The zero-order chi connectivity index (χ0) is 18.0. The van der Waals surface area contributed by atoms with Crippen LogP contribution in [0.5, 0.6) is 0 Å². The molecule has 0 spiro atoms. The Labute approximate surface area is 143 Å². The maximum atomic E-state index is 14.1. The highest BCUT2D eigenvalue weighted by Crippen LogP contribution is 2.24. The van der Waals surface area contributed by atoms with Gasteiger partial charge in [-0.2, -0.15) is 5.10 Å². The van der Waals surface area contributed by atoms with Gasteiger partial charge in [-0.25, -0.2) is 8.78 Å².